The maximum absolute atomic E-state index is 12.9. The number of aryl methyl sites for hydroxylation is 2. The first-order valence-corrected chi connectivity index (χ1v) is 8.38. The van der Waals surface area contributed by atoms with Crippen molar-refractivity contribution in [1.29, 1.82) is 0 Å². The number of nitrogens with one attached hydrogen (secondary N) is 1. The number of amides is 1. The van der Waals surface area contributed by atoms with Gasteiger partial charge >= 0.3 is 11.8 Å². The van der Waals surface area contributed by atoms with Crippen molar-refractivity contribution >= 4 is 16.9 Å². The van der Waals surface area contributed by atoms with Crippen LogP contribution in [-0.4, -0.2) is 16.0 Å². The van der Waals surface area contributed by atoms with Crippen LogP contribution in [0.25, 0.3) is 22.6 Å². The molecule has 0 bridgehead atoms. The Balaban J connectivity index is 1.53. The number of fused-ring (bicyclic) bond motifs is 1. The third kappa shape index (κ3) is 3.31. The van der Waals surface area contributed by atoms with Crippen molar-refractivity contribution in [2.24, 2.45) is 0 Å². The number of hydrogen-bond acceptors (Lipinski definition) is 5. The molecule has 0 saturated heterocycles. The SMILES string of the molecule is Cc1ccc2oc(-c3noc(C(=O)NCc4ccc(F)cc4)n3)c(C)c2c1. The molecule has 136 valence electrons. The van der Waals surface area contributed by atoms with Gasteiger partial charge in [0.05, 0.1) is 0 Å². The fourth-order valence-electron chi connectivity index (χ4n) is 2.82. The molecule has 6 nitrogen and oxygen atoms in total. The lowest BCUT2D eigenvalue weighted by Crippen LogP contribution is -2.23. The van der Waals surface area contributed by atoms with Crippen LogP contribution in [0.15, 0.2) is 51.4 Å². The maximum Gasteiger partial charge on any atom is 0.316 e. The summed E-state index contributed by atoms with van der Waals surface area (Å²) >= 11 is 0. The Kier molecular flexibility index (Phi) is 4.19. The fraction of sp³-hybridized carbons (Fsp3) is 0.150. The molecule has 7 heteroatoms. The van der Waals surface area contributed by atoms with Gasteiger partial charge in [-0.3, -0.25) is 4.79 Å². The average Bonchev–Trinajstić information content (AvgIpc) is 3.26. The van der Waals surface area contributed by atoms with E-state index in [1.54, 1.807) is 12.1 Å². The molecule has 0 unspecified atom stereocenters. The maximum atomic E-state index is 12.9. The third-order valence-corrected chi connectivity index (χ3v) is 4.28. The summed E-state index contributed by atoms with van der Waals surface area (Å²) < 4.78 is 23.8. The van der Waals surface area contributed by atoms with Crippen LogP contribution in [0.2, 0.25) is 0 Å². The summed E-state index contributed by atoms with van der Waals surface area (Å²) in [5.41, 5.74) is 3.48. The number of benzene rings is 2. The summed E-state index contributed by atoms with van der Waals surface area (Å²) in [4.78, 5) is 16.4. The third-order valence-electron chi connectivity index (χ3n) is 4.28. The predicted molar refractivity (Wildman–Crippen MR) is 96.6 cm³/mol. The van der Waals surface area contributed by atoms with E-state index in [9.17, 15) is 9.18 Å². The van der Waals surface area contributed by atoms with E-state index >= 15 is 0 Å². The van der Waals surface area contributed by atoms with Crippen molar-refractivity contribution in [2.75, 3.05) is 0 Å². The Bertz CT molecular complexity index is 1130. The summed E-state index contributed by atoms with van der Waals surface area (Å²) in [6, 6.07) is 11.7. The van der Waals surface area contributed by atoms with Crippen LogP contribution >= 0.6 is 0 Å². The van der Waals surface area contributed by atoms with Crippen LogP contribution in [-0.2, 0) is 6.54 Å². The molecule has 1 amide bonds. The minimum Gasteiger partial charge on any atom is -0.452 e. The van der Waals surface area contributed by atoms with Gasteiger partial charge in [0, 0.05) is 17.5 Å². The predicted octanol–water partition coefficient (Wildman–Crippen LogP) is 4.17. The normalized spacial score (nSPS) is 11.1. The minimum atomic E-state index is -0.511. The van der Waals surface area contributed by atoms with Crippen molar-refractivity contribution in [3.63, 3.8) is 0 Å². The smallest absolute Gasteiger partial charge is 0.316 e. The fourth-order valence-corrected chi connectivity index (χ4v) is 2.82. The number of nitrogens with zero attached hydrogens (tertiary/aromatic N) is 2. The molecule has 2 heterocycles. The highest BCUT2D eigenvalue weighted by molar-refractivity contribution is 5.90. The van der Waals surface area contributed by atoms with E-state index in [-0.39, 0.29) is 24.1 Å². The largest absolute Gasteiger partial charge is 0.452 e. The number of rotatable bonds is 4. The van der Waals surface area contributed by atoms with Gasteiger partial charge in [-0.1, -0.05) is 28.9 Å². The van der Waals surface area contributed by atoms with E-state index in [1.807, 2.05) is 32.0 Å². The van der Waals surface area contributed by atoms with Crippen molar-refractivity contribution < 1.29 is 18.1 Å². The van der Waals surface area contributed by atoms with Crippen molar-refractivity contribution in [3.8, 4) is 11.6 Å². The first-order valence-electron chi connectivity index (χ1n) is 8.38. The van der Waals surface area contributed by atoms with E-state index < -0.39 is 5.91 Å². The Morgan fingerprint density at radius 2 is 1.93 bits per heavy atom. The van der Waals surface area contributed by atoms with Crippen molar-refractivity contribution in [2.45, 2.75) is 20.4 Å². The molecule has 0 saturated carbocycles. The zero-order chi connectivity index (χ0) is 19.0. The molecular weight excluding hydrogens is 349 g/mol. The van der Waals surface area contributed by atoms with Crippen LogP contribution in [0.4, 0.5) is 4.39 Å². The van der Waals surface area contributed by atoms with Crippen molar-refractivity contribution in [1.82, 2.24) is 15.5 Å². The van der Waals surface area contributed by atoms with E-state index in [0.29, 0.717) is 5.76 Å². The molecular formula is C20H16FN3O3. The summed E-state index contributed by atoms with van der Waals surface area (Å²) in [5, 5.41) is 7.49. The zero-order valence-corrected chi connectivity index (χ0v) is 14.7. The summed E-state index contributed by atoms with van der Waals surface area (Å²) in [5.74, 6) is -0.320. The average molecular weight is 365 g/mol. The monoisotopic (exact) mass is 365 g/mol. The van der Waals surface area contributed by atoms with Gasteiger partial charge in [-0.25, -0.2) is 4.39 Å². The summed E-state index contributed by atoms with van der Waals surface area (Å²) in [7, 11) is 0. The Morgan fingerprint density at radius 3 is 2.70 bits per heavy atom. The van der Waals surface area contributed by atoms with Gasteiger partial charge < -0.3 is 14.3 Å². The van der Waals surface area contributed by atoms with Gasteiger partial charge in [-0.2, -0.15) is 4.98 Å². The number of furan rings is 1. The lowest BCUT2D eigenvalue weighted by molar-refractivity contribution is 0.0907. The standard InChI is InChI=1S/C20H16FN3O3/c1-11-3-8-16-15(9-11)12(2)17(26-16)18-23-20(27-24-18)19(25)22-10-13-4-6-14(21)7-5-13/h3-9H,10H2,1-2H3,(H,22,25). The molecule has 1 N–H and O–H groups in total. The second-order valence-electron chi connectivity index (χ2n) is 6.29. The lowest BCUT2D eigenvalue weighted by atomic mass is 10.1. The zero-order valence-electron chi connectivity index (χ0n) is 14.7. The number of hydrogen-bond donors (Lipinski definition) is 1. The van der Waals surface area contributed by atoms with Crippen LogP contribution in [0.5, 0.6) is 0 Å². The molecule has 4 rings (SSSR count). The molecule has 0 radical (unpaired) electrons. The number of carbonyl (C=O) groups excluding carboxylic acids is 1. The minimum absolute atomic E-state index is 0.164. The van der Waals surface area contributed by atoms with E-state index in [0.717, 1.165) is 27.7 Å². The Labute approximate surface area is 154 Å². The van der Waals surface area contributed by atoms with E-state index in [1.165, 1.54) is 12.1 Å². The van der Waals surface area contributed by atoms with E-state index in [2.05, 4.69) is 15.5 Å². The van der Waals surface area contributed by atoms with E-state index in [4.69, 9.17) is 8.94 Å². The Morgan fingerprint density at radius 1 is 1.15 bits per heavy atom. The number of aromatic nitrogens is 2. The van der Waals surface area contributed by atoms with Crippen LogP contribution in [0, 0.1) is 19.7 Å². The van der Waals surface area contributed by atoms with Crippen LogP contribution in [0.3, 0.4) is 0 Å². The molecule has 2 aromatic heterocycles. The number of carbonyl (C=O) groups is 1. The first kappa shape index (κ1) is 17.0. The molecule has 27 heavy (non-hydrogen) atoms. The van der Waals surface area contributed by atoms with Gasteiger partial charge in [0.1, 0.15) is 11.4 Å². The summed E-state index contributed by atoms with van der Waals surface area (Å²) in [6.07, 6.45) is 0. The highest BCUT2D eigenvalue weighted by atomic mass is 19.1. The van der Waals surface area contributed by atoms with Crippen molar-refractivity contribution in [3.05, 3.63) is 70.9 Å². The Hall–Kier alpha value is -3.48. The quantitative estimate of drug-likeness (QED) is 0.587. The van der Waals surface area contributed by atoms with Gasteiger partial charge in [-0.05, 0) is 43.7 Å². The molecule has 0 atom stereocenters. The van der Waals surface area contributed by atoms with Crippen LogP contribution < -0.4 is 5.32 Å². The molecule has 0 spiro atoms. The molecule has 4 aromatic rings. The van der Waals surface area contributed by atoms with Gasteiger partial charge in [0.25, 0.3) is 0 Å². The van der Waals surface area contributed by atoms with Gasteiger partial charge in [0.15, 0.2) is 5.76 Å². The summed E-state index contributed by atoms with van der Waals surface area (Å²) in [6.45, 7) is 4.13. The van der Waals surface area contributed by atoms with Gasteiger partial charge in [-0.15, -0.1) is 0 Å². The number of halogens is 1. The van der Waals surface area contributed by atoms with Crippen LogP contribution in [0.1, 0.15) is 27.4 Å². The van der Waals surface area contributed by atoms with Gasteiger partial charge in [0.2, 0.25) is 5.82 Å². The first-order chi connectivity index (χ1) is 13.0. The molecule has 2 aromatic carbocycles. The molecule has 0 aliphatic heterocycles. The lowest BCUT2D eigenvalue weighted by Gasteiger charge is -2.01. The topological polar surface area (TPSA) is 81.2 Å². The highest BCUT2D eigenvalue weighted by Crippen LogP contribution is 2.31. The molecule has 0 aliphatic carbocycles. The highest BCUT2D eigenvalue weighted by Gasteiger charge is 2.21. The second kappa shape index (κ2) is 6.68. The molecule has 0 aliphatic rings. The molecule has 0 fully saturated rings. The second-order valence-corrected chi connectivity index (χ2v) is 6.29.